The molecule has 0 fully saturated rings. The van der Waals surface area contributed by atoms with Crippen LogP contribution in [0, 0.1) is 0 Å². The monoisotopic (exact) mass is 198 g/mol. The van der Waals surface area contributed by atoms with Crippen LogP contribution < -0.4 is 0 Å². The number of rotatable bonds is 0. The first-order valence-corrected chi connectivity index (χ1v) is 31.2. The van der Waals surface area contributed by atoms with Crippen molar-refractivity contribution in [1.82, 2.24) is 0 Å². The van der Waals surface area contributed by atoms with Gasteiger partial charge in [0, 0.05) is 0 Å². The molecule has 0 saturated heterocycles. The van der Waals surface area contributed by atoms with E-state index >= 15 is 0 Å². The van der Waals surface area contributed by atoms with E-state index in [4.69, 9.17) is 0 Å². The van der Waals surface area contributed by atoms with Gasteiger partial charge < -0.3 is 0 Å². The molecule has 0 saturated carbocycles. The number of hydrogen-bond donors (Lipinski definition) is 0. The molecule has 0 N–H and O–H groups in total. The van der Waals surface area contributed by atoms with Gasteiger partial charge in [-0.2, -0.15) is 0 Å². The van der Waals surface area contributed by atoms with Crippen molar-refractivity contribution in [2.45, 2.75) is 0 Å². The molecule has 0 aromatic carbocycles. The Labute approximate surface area is 45.8 Å². The SMILES string of the molecule is [SiH3][Ge]([SiH3])([SiH3])[SiH3]. The van der Waals surface area contributed by atoms with Crippen molar-refractivity contribution in [1.29, 1.82) is 0 Å². The molecule has 0 aromatic rings. The van der Waals surface area contributed by atoms with E-state index < -0.39 is 10.7 Å². The van der Waals surface area contributed by atoms with E-state index in [0.29, 0.717) is 0 Å². The van der Waals surface area contributed by atoms with Gasteiger partial charge in [-0.3, -0.25) is 0 Å². The van der Waals surface area contributed by atoms with Crippen LogP contribution in [0.3, 0.4) is 0 Å². The second-order valence-electron chi connectivity index (χ2n) is 3.00. The van der Waals surface area contributed by atoms with Gasteiger partial charge in [-0.05, 0) is 0 Å². The van der Waals surface area contributed by atoms with E-state index in [-0.39, 0.29) is 0 Å². The first kappa shape index (κ1) is 6.41. The summed E-state index contributed by atoms with van der Waals surface area (Å²) in [5.74, 6) is 0. The summed E-state index contributed by atoms with van der Waals surface area (Å²) in [6, 6.07) is 0. The molecule has 0 aliphatic rings. The summed E-state index contributed by atoms with van der Waals surface area (Å²) in [5.41, 5.74) is 0. The van der Waals surface area contributed by atoms with Crippen LogP contribution in [0.25, 0.3) is 0 Å². The van der Waals surface area contributed by atoms with Gasteiger partial charge >= 0.3 is 45.7 Å². The molecular weight excluding hydrogens is 185 g/mol. The Balaban J connectivity index is 3.02. The van der Waals surface area contributed by atoms with E-state index in [1.54, 1.807) is 35.1 Å². The van der Waals surface area contributed by atoms with Crippen LogP contribution in [0.4, 0.5) is 0 Å². The minimum absolute atomic E-state index is 0.444. The van der Waals surface area contributed by atoms with Gasteiger partial charge in [-0.25, -0.2) is 0 Å². The van der Waals surface area contributed by atoms with Crippen LogP contribution in [-0.2, 0) is 0 Å². The van der Waals surface area contributed by atoms with E-state index in [0.717, 1.165) is 0 Å². The third kappa shape index (κ3) is 31.6. The molecule has 0 radical (unpaired) electrons. The normalized spacial score (nSPS) is 24.0. The van der Waals surface area contributed by atoms with Crippen molar-refractivity contribution in [3.63, 3.8) is 0 Å². The van der Waals surface area contributed by atoms with Crippen LogP contribution >= 0.6 is 0 Å². The predicted octanol–water partition coefficient (Wildman–Crippen LogP) is -5.12. The maximum absolute atomic E-state index is 1.68. The summed E-state index contributed by atoms with van der Waals surface area (Å²) in [6.07, 6.45) is 0. The third-order valence-corrected chi connectivity index (χ3v) is 0. The topological polar surface area (TPSA) is 0 Å². The molecule has 0 aromatic heterocycles. The van der Waals surface area contributed by atoms with Gasteiger partial charge in [-0.1, -0.05) is 0 Å². The van der Waals surface area contributed by atoms with Crippen LogP contribution in [0.15, 0.2) is 0 Å². The van der Waals surface area contributed by atoms with E-state index in [1.165, 1.54) is 0 Å². The molecule has 5 heteroatoms. The Morgan fingerprint density at radius 3 is 0.800 bits per heavy atom. The predicted molar refractivity (Wildman–Crippen MR) is 45.5 cm³/mol. The van der Waals surface area contributed by atoms with E-state index in [2.05, 4.69) is 0 Å². The second kappa shape index (κ2) is 1.92. The van der Waals surface area contributed by atoms with Crippen molar-refractivity contribution in [2.24, 2.45) is 0 Å². The molecule has 5 heavy (non-hydrogen) atoms. The Morgan fingerprint density at radius 2 is 0.800 bits per heavy atom. The molecule has 0 spiro atoms. The van der Waals surface area contributed by atoms with Gasteiger partial charge in [0.15, 0.2) is 0 Å². The molecule has 0 nitrogen and oxygen atoms in total. The molecule has 0 amide bonds. The molecule has 0 aliphatic carbocycles. The average Bonchev–Trinajstić information content (AvgIpc) is 0.722. The zero-order valence-electron chi connectivity index (χ0n) is 4.50. The first-order valence-electron chi connectivity index (χ1n) is 2.00. The van der Waals surface area contributed by atoms with Crippen molar-refractivity contribution >= 4 is 45.7 Å². The summed E-state index contributed by atoms with van der Waals surface area (Å²) >= 11 is 0. The maximum atomic E-state index is 1.68. The van der Waals surface area contributed by atoms with Crippen LogP contribution in [-0.4, -0.2) is 45.7 Å². The van der Waals surface area contributed by atoms with Crippen LogP contribution in [0.1, 0.15) is 0 Å². The fourth-order valence-electron chi connectivity index (χ4n) is 0. The number of hydrogen-bond acceptors (Lipinski definition) is 0. The Kier molecular flexibility index (Phi) is 2.46. The Morgan fingerprint density at radius 1 is 0.800 bits per heavy atom. The van der Waals surface area contributed by atoms with Crippen molar-refractivity contribution in [2.75, 3.05) is 0 Å². The summed E-state index contributed by atoms with van der Waals surface area (Å²) in [4.78, 5) is 0. The summed E-state index contributed by atoms with van der Waals surface area (Å²) < 4.78 is 0. The fraction of sp³-hybridized carbons (Fsp3) is 0. The van der Waals surface area contributed by atoms with Gasteiger partial charge in [0.25, 0.3) is 0 Å². The minimum atomic E-state index is -0.444. The molecule has 0 bridgehead atoms. The molecule has 32 valence electrons. The van der Waals surface area contributed by atoms with Gasteiger partial charge in [-0.15, -0.1) is 0 Å². The van der Waals surface area contributed by atoms with Crippen molar-refractivity contribution < 1.29 is 0 Å². The van der Waals surface area contributed by atoms with Crippen molar-refractivity contribution in [3.8, 4) is 0 Å². The summed E-state index contributed by atoms with van der Waals surface area (Å²) in [6.45, 7) is 0. The average molecular weight is 197 g/mol. The zero-order valence-corrected chi connectivity index (χ0v) is 14.6. The summed E-state index contributed by atoms with van der Waals surface area (Å²) in [7, 11) is 6.28. The first-order chi connectivity index (χ1) is 2.00. The Hall–Kier alpha value is 1.41. The summed E-state index contributed by atoms with van der Waals surface area (Å²) in [5, 5.41) is 0. The van der Waals surface area contributed by atoms with E-state index in [9.17, 15) is 0 Å². The molecule has 0 rings (SSSR count). The quantitative estimate of drug-likeness (QED) is 0.341. The van der Waals surface area contributed by atoms with E-state index in [1.807, 2.05) is 0 Å². The van der Waals surface area contributed by atoms with Gasteiger partial charge in [0.1, 0.15) is 0 Å². The van der Waals surface area contributed by atoms with Crippen LogP contribution in [0.5, 0.6) is 0 Å². The van der Waals surface area contributed by atoms with Crippen molar-refractivity contribution in [3.05, 3.63) is 0 Å². The zero-order chi connectivity index (χ0) is 4.50. The molecule has 0 heterocycles. The molecule has 0 aliphatic heterocycles. The Bertz CT molecular complexity index is 19.1. The standard InChI is InChI=1S/GeH12Si4/c2-1(3,4)5/h2-5H3. The van der Waals surface area contributed by atoms with Gasteiger partial charge in [0.05, 0.1) is 0 Å². The second-order valence-corrected chi connectivity index (χ2v) is 140. The molecule has 0 unspecified atom stereocenters. The molecular formula is H12GeSi4. The van der Waals surface area contributed by atoms with Gasteiger partial charge in [0.2, 0.25) is 0 Å². The van der Waals surface area contributed by atoms with Crippen LogP contribution in [0.2, 0.25) is 0 Å². The fourth-order valence-corrected chi connectivity index (χ4v) is 0. The molecule has 0 atom stereocenters. The third-order valence-electron chi connectivity index (χ3n) is 0.